The first kappa shape index (κ1) is 16.3. The number of ether oxygens (including phenoxy) is 1. The maximum absolute atomic E-state index is 13.4. The molecule has 0 fully saturated rings. The zero-order valence-corrected chi connectivity index (χ0v) is 14.1. The lowest BCUT2D eigenvalue weighted by Gasteiger charge is -2.08. The van der Waals surface area contributed by atoms with Crippen LogP contribution in [0.25, 0.3) is 0 Å². The van der Waals surface area contributed by atoms with Gasteiger partial charge in [-0.1, -0.05) is 25.4 Å². The highest BCUT2D eigenvalue weighted by atomic mass is 79.9. The molecule has 0 spiro atoms. The van der Waals surface area contributed by atoms with E-state index in [4.69, 9.17) is 20.8 Å². The minimum Gasteiger partial charge on any atom is -0.484 e. The largest absolute Gasteiger partial charge is 0.484 e. The normalized spacial score (nSPS) is 11.1. The fourth-order valence-corrected chi connectivity index (χ4v) is 2.42. The van der Waals surface area contributed by atoms with E-state index in [-0.39, 0.29) is 11.6 Å². The van der Waals surface area contributed by atoms with Crippen LogP contribution in [0.5, 0.6) is 5.75 Å². The number of halogens is 3. The van der Waals surface area contributed by atoms with Gasteiger partial charge in [-0.3, -0.25) is 0 Å². The third-order valence-electron chi connectivity index (χ3n) is 2.75. The van der Waals surface area contributed by atoms with E-state index in [0.717, 1.165) is 5.76 Å². The Morgan fingerprint density at radius 2 is 2.05 bits per heavy atom. The Labute approximate surface area is 136 Å². The van der Waals surface area contributed by atoms with Crippen LogP contribution < -0.4 is 10.1 Å². The molecule has 0 atom stereocenters. The van der Waals surface area contributed by atoms with Gasteiger partial charge in [-0.25, -0.2) is 4.39 Å². The van der Waals surface area contributed by atoms with E-state index in [0.29, 0.717) is 28.6 Å². The average Bonchev–Trinajstić information content (AvgIpc) is 2.87. The summed E-state index contributed by atoms with van der Waals surface area (Å²) in [6.07, 6.45) is 0. The molecule has 1 aromatic carbocycles. The molecule has 0 saturated heterocycles. The summed E-state index contributed by atoms with van der Waals surface area (Å²) in [6, 6.07) is 6.84. The quantitative estimate of drug-likeness (QED) is 0.727. The molecule has 1 N–H and O–H groups in total. The SMILES string of the molecule is CC(C)NCc1ccc(COc2cc(F)c(Cl)cc2Br)o1. The van der Waals surface area contributed by atoms with Crippen LogP contribution in [0.4, 0.5) is 4.39 Å². The summed E-state index contributed by atoms with van der Waals surface area (Å²) in [4.78, 5) is 0. The molecule has 0 bridgehead atoms. The van der Waals surface area contributed by atoms with Crippen LogP contribution in [0.1, 0.15) is 25.4 Å². The molecule has 0 aliphatic heterocycles. The number of benzene rings is 1. The molecule has 0 aliphatic rings. The highest BCUT2D eigenvalue weighted by Crippen LogP contribution is 2.31. The minimum absolute atomic E-state index is 0.0502. The zero-order chi connectivity index (χ0) is 15.4. The third-order valence-corrected chi connectivity index (χ3v) is 3.66. The Hall–Kier alpha value is -1.04. The summed E-state index contributed by atoms with van der Waals surface area (Å²) in [7, 11) is 0. The van der Waals surface area contributed by atoms with E-state index in [9.17, 15) is 4.39 Å². The summed E-state index contributed by atoms with van der Waals surface area (Å²) < 4.78 is 25.2. The first-order chi connectivity index (χ1) is 9.95. The minimum atomic E-state index is -0.517. The van der Waals surface area contributed by atoms with Crippen LogP contribution >= 0.6 is 27.5 Å². The number of rotatable bonds is 6. The van der Waals surface area contributed by atoms with Gasteiger partial charge in [0.2, 0.25) is 0 Å². The smallest absolute Gasteiger partial charge is 0.146 e. The van der Waals surface area contributed by atoms with Gasteiger partial charge in [-0.2, -0.15) is 0 Å². The highest BCUT2D eigenvalue weighted by molar-refractivity contribution is 9.10. The Bertz CT molecular complexity index is 616. The van der Waals surface area contributed by atoms with Gasteiger partial charge in [0, 0.05) is 12.1 Å². The molecule has 0 aliphatic carbocycles. The van der Waals surface area contributed by atoms with Crippen molar-refractivity contribution in [1.82, 2.24) is 5.32 Å². The Balaban J connectivity index is 1.96. The topological polar surface area (TPSA) is 34.4 Å². The van der Waals surface area contributed by atoms with Crippen molar-refractivity contribution in [2.24, 2.45) is 0 Å². The van der Waals surface area contributed by atoms with Crippen molar-refractivity contribution in [1.29, 1.82) is 0 Å². The summed E-state index contributed by atoms with van der Waals surface area (Å²) >= 11 is 8.96. The molecule has 0 radical (unpaired) electrons. The third kappa shape index (κ3) is 4.73. The van der Waals surface area contributed by atoms with Crippen LogP contribution in [-0.2, 0) is 13.2 Å². The first-order valence-corrected chi connectivity index (χ1v) is 7.71. The first-order valence-electron chi connectivity index (χ1n) is 6.54. The lowest BCUT2D eigenvalue weighted by atomic mass is 10.3. The molecule has 2 aromatic rings. The van der Waals surface area contributed by atoms with Gasteiger partial charge in [0.15, 0.2) is 0 Å². The predicted molar refractivity (Wildman–Crippen MR) is 84.1 cm³/mol. The summed E-state index contributed by atoms with van der Waals surface area (Å²) in [5.41, 5.74) is 0. The summed E-state index contributed by atoms with van der Waals surface area (Å²) in [5, 5.41) is 3.32. The van der Waals surface area contributed by atoms with Gasteiger partial charge in [-0.15, -0.1) is 0 Å². The molecule has 0 amide bonds. The van der Waals surface area contributed by atoms with Crippen molar-refractivity contribution in [3.05, 3.63) is 51.1 Å². The fraction of sp³-hybridized carbons (Fsp3) is 0.333. The van der Waals surface area contributed by atoms with Crippen LogP contribution in [-0.4, -0.2) is 6.04 Å². The molecule has 114 valence electrons. The zero-order valence-electron chi connectivity index (χ0n) is 11.8. The standard InChI is InChI=1S/C15H16BrClFNO2/c1-9(2)19-7-10-3-4-11(21-10)8-20-15-6-14(18)13(17)5-12(15)16/h3-6,9,19H,7-8H2,1-2H3. The molecule has 0 unspecified atom stereocenters. The van der Waals surface area contributed by atoms with Crippen molar-refractivity contribution in [3.63, 3.8) is 0 Å². The number of furan rings is 1. The van der Waals surface area contributed by atoms with Gasteiger partial charge < -0.3 is 14.5 Å². The summed E-state index contributed by atoms with van der Waals surface area (Å²) in [6.45, 7) is 5.03. The van der Waals surface area contributed by atoms with Crippen LogP contribution in [0, 0.1) is 5.82 Å². The van der Waals surface area contributed by atoms with Crippen molar-refractivity contribution in [3.8, 4) is 5.75 Å². The van der Waals surface area contributed by atoms with Gasteiger partial charge in [0.25, 0.3) is 0 Å². The number of nitrogens with one attached hydrogen (secondary N) is 1. The van der Waals surface area contributed by atoms with Gasteiger partial charge in [-0.05, 0) is 34.1 Å². The Kier molecular flexibility index (Phi) is 5.67. The lowest BCUT2D eigenvalue weighted by Crippen LogP contribution is -2.21. The van der Waals surface area contributed by atoms with Crippen LogP contribution in [0.15, 0.2) is 33.2 Å². The second kappa shape index (κ2) is 7.29. The van der Waals surface area contributed by atoms with Crippen molar-refractivity contribution in [2.75, 3.05) is 0 Å². The van der Waals surface area contributed by atoms with E-state index in [1.165, 1.54) is 12.1 Å². The van der Waals surface area contributed by atoms with E-state index in [2.05, 4.69) is 35.1 Å². The van der Waals surface area contributed by atoms with E-state index in [1.807, 2.05) is 12.1 Å². The van der Waals surface area contributed by atoms with Crippen molar-refractivity contribution >= 4 is 27.5 Å². The van der Waals surface area contributed by atoms with Crippen molar-refractivity contribution in [2.45, 2.75) is 33.0 Å². The van der Waals surface area contributed by atoms with Crippen molar-refractivity contribution < 1.29 is 13.5 Å². The highest BCUT2D eigenvalue weighted by Gasteiger charge is 2.09. The lowest BCUT2D eigenvalue weighted by molar-refractivity contribution is 0.262. The maximum Gasteiger partial charge on any atom is 0.146 e. The molecular weight excluding hydrogens is 361 g/mol. The van der Waals surface area contributed by atoms with Gasteiger partial charge in [0.05, 0.1) is 16.0 Å². The molecule has 1 heterocycles. The summed E-state index contributed by atoms with van der Waals surface area (Å²) in [5.74, 6) is 1.38. The Morgan fingerprint density at radius 3 is 2.76 bits per heavy atom. The Morgan fingerprint density at radius 1 is 1.33 bits per heavy atom. The monoisotopic (exact) mass is 375 g/mol. The maximum atomic E-state index is 13.4. The van der Waals surface area contributed by atoms with Gasteiger partial charge >= 0.3 is 0 Å². The average molecular weight is 377 g/mol. The van der Waals surface area contributed by atoms with E-state index in [1.54, 1.807) is 0 Å². The van der Waals surface area contributed by atoms with E-state index < -0.39 is 5.82 Å². The second-order valence-corrected chi connectivity index (χ2v) is 6.15. The molecule has 3 nitrogen and oxygen atoms in total. The molecule has 1 aromatic heterocycles. The van der Waals surface area contributed by atoms with Crippen LogP contribution in [0.3, 0.4) is 0 Å². The number of hydrogen-bond donors (Lipinski definition) is 1. The molecule has 21 heavy (non-hydrogen) atoms. The molecule has 6 heteroatoms. The van der Waals surface area contributed by atoms with E-state index >= 15 is 0 Å². The van der Waals surface area contributed by atoms with Crippen LogP contribution in [0.2, 0.25) is 5.02 Å². The molecule has 2 rings (SSSR count). The number of hydrogen-bond acceptors (Lipinski definition) is 3. The fourth-order valence-electron chi connectivity index (χ4n) is 1.66. The molecule has 0 saturated carbocycles. The van der Waals surface area contributed by atoms with Gasteiger partial charge in [0.1, 0.15) is 29.7 Å². The second-order valence-electron chi connectivity index (χ2n) is 4.89. The predicted octanol–water partition coefficient (Wildman–Crippen LogP) is 4.91. The molecular formula is C15H16BrClFNO2.